The van der Waals surface area contributed by atoms with Crippen molar-refractivity contribution >= 4 is 5.84 Å². The van der Waals surface area contributed by atoms with E-state index in [1.807, 2.05) is 6.92 Å². The maximum absolute atomic E-state index is 10.1. The first-order valence-electron chi connectivity index (χ1n) is 9.91. The van der Waals surface area contributed by atoms with Crippen molar-refractivity contribution in [2.24, 2.45) is 4.99 Å². The van der Waals surface area contributed by atoms with E-state index in [0.29, 0.717) is 4.48 Å². The molecule has 3 nitrogen and oxygen atoms in total. The van der Waals surface area contributed by atoms with Crippen molar-refractivity contribution in [2.45, 2.75) is 91.2 Å². The highest BCUT2D eigenvalue weighted by Gasteiger charge is 2.40. The van der Waals surface area contributed by atoms with Gasteiger partial charge in [-0.05, 0) is 32.6 Å². The van der Waals surface area contributed by atoms with Crippen molar-refractivity contribution in [3.63, 3.8) is 0 Å². The standard InChI is InChI=1S/C20H39N2O/c1-4-6-7-8-9-10-11-12-13-14-15-16-20-21-17-18-22(20,5-2)19(3)23/h8-9,19,23H,4-7,10-18H2,1-3H3/q+1/b9-8+. The quantitative estimate of drug-likeness (QED) is 0.287. The van der Waals surface area contributed by atoms with Crippen LogP contribution in [0.5, 0.6) is 0 Å². The molecule has 0 fully saturated rings. The van der Waals surface area contributed by atoms with Crippen LogP contribution < -0.4 is 0 Å². The Bertz CT molecular complexity index is 363. The Morgan fingerprint density at radius 1 is 1.04 bits per heavy atom. The highest BCUT2D eigenvalue weighted by atomic mass is 16.3. The molecule has 0 radical (unpaired) electrons. The molecule has 0 saturated heterocycles. The van der Waals surface area contributed by atoms with Crippen molar-refractivity contribution < 1.29 is 9.59 Å². The minimum atomic E-state index is -0.319. The largest absolute Gasteiger partial charge is 0.345 e. The van der Waals surface area contributed by atoms with Crippen LogP contribution in [0.15, 0.2) is 17.1 Å². The van der Waals surface area contributed by atoms with Crippen LogP contribution in [0, 0.1) is 0 Å². The summed E-state index contributed by atoms with van der Waals surface area (Å²) in [6.07, 6.45) is 17.1. The molecule has 0 spiro atoms. The van der Waals surface area contributed by atoms with Gasteiger partial charge in [-0.2, -0.15) is 0 Å². The fourth-order valence-corrected chi connectivity index (χ4v) is 3.57. The van der Waals surface area contributed by atoms with Crippen LogP contribution in [0.1, 0.15) is 85.0 Å². The predicted molar refractivity (Wildman–Crippen MR) is 101 cm³/mol. The molecule has 0 aromatic rings. The van der Waals surface area contributed by atoms with E-state index in [0.717, 1.165) is 26.1 Å². The van der Waals surface area contributed by atoms with E-state index in [9.17, 15) is 5.11 Å². The molecule has 0 aliphatic carbocycles. The second-order valence-corrected chi connectivity index (χ2v) is 6.92. The molecule has 2 unspecified atom stereocenters. The van der Waals surface area contributed by atoms with Gasteiger partial charge in [0.25, 0.3) is 0 Å². The summed E-state index contributed by atoms with van der Waals surface area (Å²) in [7, 11) is 0. The molecule has 1 heterocycles. The molecule has 23 heavy (non-hydrogen) atoms. The third-order valence-electron chi connectivity index (χ3n) is 5.25. The summed E-state index contributed by atoms with van der Waals surface area (Å²) < 4.78 is 0.711. The van der Waals surface area contributed by atoms with Gasteiger partial charge in [0.2, 0.25) is 5.84 Å². The Morgan fingerprint density at radius 3 is 2.35 bits per heavy atom. The topological polar surface area (TPSA) is 32.6 Å². The van der Waals surface area contributed by atoms with Gasteiger partial charge in [-0.1, -0.05) is 51.2 Å². The summed E-state index contributed by atoms with van der Waals surface area (Å²) in [5, 5.41) is 10.1. The molecule has 0 aromatic carbocycles. The van der Waals surface area contributed by atoms with Crippen molar-refractivity contribution in [3.8, 4) is 0 Å². The van der Waals surface area contributed by atoms with Gasteiger partial charge in [0.15, 0.2) is 6.23 Å². The lowest BCUT2D eigenvalue weighted by Crippen LogP contribution is -2.56. The van der Waals surface area contributed by atoms with Gasteiger partial charge in [-0.25, -0.2) is 4.99 Å². The average molecular weight is 324 g/mol. The van der Waals surface area contributed by atoms with Gasteiger partial charge < -0.3 is 5.11 Å². The molecule has 0 saturated carbocycles. The molecule has 1 aliphatic rings. The zero-order chi connectivity index (χ0) is 17.0. The Balaban J connectivity index is 2.08. The van der Waals surface area contributed by atoms with Crippen LogP contribution in [0.3, 0.4) is 0 Å². The number of quaternary nitrogens is 1. The van der Waals surface area contributed by atoms with E-state index in [1.165, 1.54) is 63.6 Å². The number of unbranched alkanes of at least 4 members (excludes halogenated alkanes) is 7. The smallest absolute Gasteiger partial charge is 0.200 e. The summed E-state index contributed by atoms with van der Waals surface area (Å²) in [6, 6.07) is 0. The van der Waals surface area contributed by atoms with Gasteiger partial charge in [-0.3, -0.25) is 4.48 Å². The first-order valence-corrected chi connectivity index (χ1v) is 9.91. The maximum Gasteiger partial charge on any atom is 0.200 e. The Morgan fingerprint density at radius 2 is 1.70 bits per heavy atom. The number of aliphatic imine (C=N–C) groups is 1. The number of hydrogen-bond donors (Lipinski definition) is 1. The number of likely N-dealkylation sites (N-methyl/N-ethyl adjacent to an activating group) is 1. The molecule has 0 bridgehead atoms. The van der Waals surface area contributed by atoms with E-state index >= 15 is 0 Å². The lowest BCUT2D eigenvalue weighted by Gasteiger charge is -2.36. The van der Waals surface area contributed by atoms with E-state index in [1.54, 1.807) is 0 Å². The number of amidine groups is 1. The summed E-state index contributed by atoms with van der Waals surface area (Å²) in [6.45, 7) is 9.16. The molecule has 0 amide bonds. The molecule has 3 heteroatoms. The van der Waals surface area contributed by atoms with Gasteiger partial charge in [0, 0.05) is 13.3 Å². The van der Waals surface area contributed by atoms with Gasteiger partial charge in [-0.15, -0.1) is 0 Å². The Kier molecular flexibility index (Phi) is 10.5. The normalized spacial score (nSPS) is 22.7. The minimum Gasteiger partial charge on any atom is -0.345 e. The molecule has 0 aromatic heterocycles. The van der Waals surface area contributed by atoms with Crippen LogP contribution in [0.4, 0.5) is 0 Å². The number of hydrogen-bond acceptors (Lipinski definition) is 2. The number of aliphatic hydroxyl groups is 1. The number of rotatable bonds is 13. The van der Waals surface area contributed by atoms with Crippen LogP contribution >= 0.6 is 0 Å². The van der Waals surface area contributed by atoms with Gasteiger partial charge in [0.1, 0.15) is 6.54 Å². The molecule has 2 atom stereocenters. The van der Waals surface area contributed by atoms with Crippen LogP contribution in [0.2, 0.25) is 0 Å². The maximum atomic E-state index is 10.1. The third kappa shape index (κ3) is 6.76. The minimum absolute atomic E-state index is 0.319. The van der Waals surface area contributed by atoms with Crippen LogP contribution in [0.25, 0.3) is 0 Å². The zero-order valence-corrected chi connectivity index (χ0v) is 15.8. The number of nitrogens with zero attached hydrogens (tertiary/aromatic N) is 2. The fourth-order valence-electron chi connectivity index (χ4n) is 3.57. The van der Waals surface area contributed by atoms with Crippen molar-refractivity contribution in [2.75, 3.05) is 19.6 Å². The second-order valence-electron chi connectivity index (χ2n) is 6.92. The first kappa shape index (κ1) is 20.4. The van der Waals surface area contributed by atoms with Crippen molar-refractivity contribution in [3.05, 3.63) is 12.2 Å². The zero-order valence-electron chi connectivity index (χ0n) is 15.8. The van der Waals surface area contributed by atoms with Crippen LogP contribution in [-0.2, 0) is 0 Å². The van der Waals surface area contributed by atoms with Crippen molar-refractivity contribution in [1.82, 2.24) is 0 Å². The Labute approximate surface area is 144 Å². The van der Waals surface area contributed by atoms with E-state index in [4.69, 9.17) is 0 Å². The molecular weight excluding hydrogens is 284 g/mol. The number of aliphatic hydroxyl groups excluding tert-OH is 1. The molecular formula is C20H39N2O+. The van der Waals surface area contributed by atoms with Crippen molar-refractivity contribution in [1.29, 1.82) is 0 Å². The average Bonchev–Trinajstić information content (AvgIpc) is 2.97. The van der Waals surface area contributed by atoms with Crippen LogP contribution in [-0.4, -0.2) is 41.3 Å². The highest BCUT2D eigenvalue weighted by Crippen LogP contribution is 2.22. The van der Waals surface area contributed by atoms with Gasteiger partial charge >= 0.3 is 0 Å². The SMILES string of the molecule is CCCC/C=C/CCCCCCCC1=NCC[N+]1(CC)C(C)O. The highest BCUT2D eigenvalue weighted by molar-refractivity contribution is 5.76. The fraction of sp³-hybridized carbons (Fsp3) is 0.850. The van der Waals surface area contributed by atoms with Gasteiger partial charge in [0.05, 0.1) is 13.1 Å². The molecule has 1 aliphatic heterocycles. The monoisotopic (exact) mass is 323 g/mol. The summed E-state index contributed by atoms with van der Waals surface area (Å²) in [4.78, 5) is 4.68. The third-order valence-corrected chi connectivity index (χ3v) is 5.25. The summed E-state index contributed by atoms with van der Waals surface area (Å²) in [5.41, 5.74) is 0. The molecule has 1 N–H and O–H groups in total. The Hall–Kier alpha value is -0.670. The summed E-state index contributed by atoms with van der Waals surface area (Å²) in [5.74, 6) is 1.24. The predicted octanol–water partition coefficient (Wildman–Crippen LogP) is 5.05. The number of allylic oxidation sites excluding steroid dienone is 2. The molecule has 134 valence electrons. The lowest BCUT2D eigenvalue weighted by atomic mass is 10.1. The second kappa shape index (κ2) is 11.8. The van der Waals surface area contributed by atoms with E-state index < -0.39 is 0 Å². The first-order chi connectivity index (χ1) is 11.2. The lowest BCUT2D eigenvalue weighted by molar-refractivity contribution is -0.882. The molecule has 1 rings (SSSR count). The van der Waals surface area contributed by atoms with E-state index in [-0.39, 0.29) is 6.23 Å². The van der Waals surface area contributed by atoms with E-state index in [2.05, 4.69) is 31.0 Å². The summed E-state index contributed by atoms with van der Waals surface area (Å²) >= 11 is 0.